The van der Waals surface area contributed by atoms with E-state index in [2.05, 4.69) is 183 Å². The molecule has 0 bridgehead atoms. The van der Waals surface area contributed by atoms with Crippen LogP contribution in [0.25, 0.3) is 53.6 Å². The zero-order valence-corrected chi connectivity index (χ0v) is 27.3. The number of fused-ring (bicyclic) bond motifs is 7. The largest absolute Gasteiger partial charge is 0.309 e. The average Bonchev–Trinajstić information content (AvgIpc) is 3.62. The van der Waals surface area contributed by atoms with Crippen LogP contribution in [0.4, 0.5) is 17.1 Å². The SMILES string of the molecule is CC1(C)c2ccccc2-c2c1ccc1sc3c(N(c4ccc(-c5ccccc5)cc4)c4ccc(-c5ccccc5)cc4)cccc3c21. The monoisotopic (exact) mass is 619 g/mol. The highest BCUT2D eigenvalue weighted by atomic mass is 32.1. The zero-order chi connectivity index (χ0) is 31.5. The first kappa shape index (κ1) is 27.8. The Kier molecular flexibility index (Phi) is 6.41. The molecule has 0 N–H and O–H groups in total. The van der Waals surface area contributed by atoms with Gasteiger partial charge in [0.25, 0.3) is 0 Å². The Labute approximate surface area is 280 Å². The highest BCUT2D eigenvalue weighted by Gasteiger charge is 2.37. The van der Waals surface area contributed by atoms with Crippen molar-refractivity contribution >= 4 is 48.6 Å². The topological polar surface area (TPSA) is 3.24 Å². The molecule has 8 aromatic rings. The molecule has 47 heavy (non-hydrogen) atoms. The van der Waals surface area contributed by atoms with Crippen molar-refractivity contribution in [1.29, 1.82) is 0 Å². The standard InChI is InChI=1S/C45H33NS/c1-45(2)38-18-10-9-16-36(38)42-39(45)28-29-41-43(42)37-17-11-19-40(44(37)47-41)46(34-24-20-32(21-25-34)30-12-5-3-6-13-30)35-26-22-33(23-27-35)31-14-7-4-8-15-31/h3-29H,1-2H3. The van der Waals surface area contributed by atoms with Crippen molar-refractivity contribution < 1.29 is 0 Å². The Morgan fingerprint density at radius 3 is 1.64 bits per heavy atom. The van der Waals surface area contributed by atoms with Gasteiger partial charge in [0.1, 0.15) is 0 Å². The van der Waals surface area contributed by atoms with E-state index in [1.807, 2.05) is 11.3 Å². The van der Waals surface area contributed by atoms with E-state index in [1.165, 1.54) is 70.4 Å². The second-order valence-electron chi connectivity index (χ2n) is 12.9. The second-order valence-corrected chi connectivity index (χ2v) is 14.0. The molecule has 0 radical (unpaired) electrons. The third kappa shape index (κ3) is 4.44. The maximum Gasteiger partial charge on any atom is 0.0640 e. The Hall–Kier alpha value is -5.44. The number of hydrogen-bond acceptors (Lipinski definition) is 2. The van der Waals surface area contributed by atoms with Crippen LogP contribution < -0.4 is 4.90 Å². The molecule has 1 heterocycles. The summed E-state index contributed by atoms with van der Waals surface area (Å²) in [7, 11) is 0. The van der Waals surface area contributed by atoms with Gasteiger partial charge in [0.15, 0.2) is 0 Å². The Bertz CT molecular complexity index is 2320. The molecule has 0 unspecified atom stereocenters. The van der Waals surface area contributed by atoms with Crippen LogP contribution in [0, 0.1) is 0 Å². The summed E-state index contributed by atoms with van der Waals surface area (Å²) >= 11 is 1.91. The molecule has 0 aliphatic heterocycles. The summed E-state index contributed by atoms with van der Waals surface area (Å²) in [6.07, 6.45) is 0. The van der Waals surface area contributed by atoms with Crippen molar-refractivity contribution in [1.82, 2.24) is 0 Å². The molecule has 1 aliphatic carbocycles. The van der Waals surface area contributed by atoms with E-state index >= 15 is 0 Å². The van der Waals surface area contributed by atoms with Gasteiger partial charge >= 0.3 is 0 Å². The van der Waals surface area contributed by atoms with Crippen LogP contribution in [0.1, 0.15) is 25.0 Å². The maximum absolute atomic E-state index is 2.43. The highest BCUT2D eigenvalue weighted by Crippen LogP contribution is 2.55. The quantitative estimate of drug-likeness (QED) is 0.185. The van der Waals surface area contributed by atoms with E-state index in [-0.39, 0.29) is 5.41 Å². The maximum atomic E-state index is 2.43. The summed E-state index contributed by atoms with van der Waals surface area (Å²) in [5.41, 5.74) is 13.9. The van der Waals surface area contributed by atoms with Crippen molar-refractivity contribution in [2.75, 3.05) is 4.90 Å². The van der Waals surface area contributed by atoms with E-state index in [0.29, 0.717) is 0 Å². The second kappa shape index (κ2) is 10.8. The number of rotatable bonds is 5. The predicted octanol–water partition coefficient (Wildman–Crippen LogP) is 13.2. The molecule has 0 saturated heterocycles. The number of hydrogen-bond donors (Lipinski definition) is 0. The minimum Gasteiger partial charge on any atom is -0.309 e. The van der Waals surface area contributed by atoms with Crippen molar-refractivity contribution in [2.24, 2.45) is 0 Å². The van der Waals surface area contributed by atoms with Crippen molar-refractivity contribution in [3.63, 3.8) is 0 Å². The zero-order valence-electron chi connectivity index (χ0n) is 26.4. The van der Waals surface area contributed by atoms with Crippen LogP contribution in [0.5, 0.6) is 0 Å². The Balaban J connectivity index is 1.25. The summed E-state index contributed by atoms with van der Waals surface area (Å²) in [5.74, 6) is 0. The third-order valence-corrected chi connectivity index (χ3v) is 11.1. The first-order valence-electron chi connectivity index (χ1n) is 16.3. The lowest BCUT2D eigenvalue weighted by atomic mass is 9.82. The fourth-order valence-corrected chi connectivity index (χ4v) is 8.75. The van der Waals surface area contributed by atoms with Gasteiger partial charge in [-0.15, -0.1) is 11.3 Å². The molecule has 7 aromatic carbocycles. The normalized spacial score (nSPS) is 13.1. The Morgan fingerprint density at radius 1 is 0.468 bits per heavy atom. The lowest BCUT2D eigenvalue weighted by Crippen LogP contribution is -2.14. The number of benzene rings is 7. The minimum absolute atomic E-state index is 0.0287. The predicted molar refractivity (Wildman–Crippen MR) is 202 cm³/mol. The van der Waals surface area contributed by atoms with Gasteiger partial charge in [0.2, 0.25) is 0 Å². The third-order valence-electron chi connectivity index (χ3n) is 9.89. The summed E-state index contributed by atoms with van der Waals surface area (Å²) in [6, 6.07) is 59.8. The molecule has 0 amide bonds. The molecule has 9 rings (SSSR count). The summed E-state index contributed by atoms with van der Waals surface area (Å²) < 4.78 is 2.63. The molecule has 0 atom stereocenters. The molecular weight excluding hydrogens is 587 g/mol. The molecule has 1 nitrogen and oxygen atoms in total. The van der Waals surface area contributed by atoms with E-state index in [9.17, 15) is 0 Å². The van der Waals surface area contributed by atoms with Gasteiger partial charge in [-0.2, -0.15) is 0 Å². The van der Waals surface area contributed by atoms with E-state index in [1.54, 1.807) is 0 Å². The Morgan fingerprint density at radius 2 is 1.02 bits per heavy atom. The lowest BCUT2D eigenvalue weighted by molar-refractivity contribution is 0.661. The van der Waals surface area contributed by atoms with Gasteiger partial charge < -0.3 is 4.90 Å². The molecule has 0 fully saturated rings. The van der Waals surface area contributed by atoms with Crippen LogP contribution in [-0.4, -0.2) is 0 Å². The molecule has 2 heteroatoms. The molecule has 1 aromatic heterocycles. The van der Waals surface area contributed by atoms with E-state index < -0.39 is 0 Å². The van der Waals surface area contributed by atoms with E-state index in [4.69, 9.17) is 0 Å². The van der Waals surface area contributed by atoms with Gasteiger partial charge in [-0.3, -0.25) is 0 Å². The van der Waals surface area contributed by atoms with Crippen molar-refractivity contribution in [3.05, 3.63) is 175 Å². The van der Waals surface area contributed by atoms with Gasteiger partial charge in [0.05, 0.1) is 10.4 Å². The van der Waals surface area contributed by atoms with Crippen LogP contribution >= 0.6 is 11.3 Å². The molecule has 224 valence electrons. The lowest BCUT2D eigenvalue weighted by Gasteiger charge is -2.26. The fourth-order valence-electron chi connectivity index (χ4n) is 7.54. The molecule has 0 spiro atoms. The van der Waals surface area contributed by atoms with Gasteiger partial charge in [0, 0.05) is 32.3 Å². The van der Waals surface area contributed by atoms with Gasteiger partial charge in [-0.05, 0) is 80.9 Å². The minimum atomic E-state index is -0.0287. The summed E-state index contributed by atoms with van der Waals surface area (Å²) in [5, 5.41) is 2.69. The first-order chi connectivity index (χ1) is 23.1. The summed E-state index contributed by atoms with van der Waals surface area (Å²) in [6.45, 7) is 4.73. The number of nitrogens with zero attached hydrogens (tertiary/aromatic N) is 1. The molecule has 0 saturated carbocycles. The number of thiophene rings is 1. The van der Waals surface area contributed by atoms with Crippen LogP contribution in [0.3, 0.4) is 0 Å². The number of anilines is 3. The molecule has 1 aliphatic rings. The van der Waals surface area contributed by atoms with Crippen LogP contribution in [-0.2, 0) is 5.41 Å². The molecular formula is C45H33NS. The smallest absolute Gasteiger partial charge is 0.0640 e. The van der Waals surface area contributed by atoms with Crippen molar-refractivity contribution in [2.45, 2.75) is 19.3 Å². The highest BCUT2D eigenvalue weighted by molar-refractivity contribution is 7.26. The van der Waals surface area contributed by atoms with E-state index in [0.717, 1.165) is 11.4 Å². The fraction of sp³-hybridized carbons (Fsp3) is 0.0667. The van der Waals surface area contributed by atoms with Gasteiger partial charge in [-0.25, -0.2) is 0 Å². The van der Waals surface area contributed by atoms with Crippen molar-refractivity contribution in [3.8, 4) is 33.4 Å². The van der Waals surface area contributed by atoms with Gasteiger partial charge in [-0.1, -0.05) is 141 Å². The average molecular weight is 620 g/mol. The first-order valence-corrected chi connectivity index (χ1v) is 17.1. The van der Waals surface area contributed by atoms with Crippen LogP contribution in [0.15, 0.2) is 164 Å². The summed E-state index contributed by atoms with van der Waals surface area (Å²) in [4.78, 5) is 2.43. The van der Waals surface area contributed by atoms with Crippen LogP contribution in [0.2, 0.25) is 0 Å².